The van der Waals surface area contributed by atoms with Gasteiger partial charge in [0.2, 0.25) is 0 Å². The van der Waals surface area contributed by atoms with E-state index in [0.29, 0.717) is 23.6 Å². The third-order valence-electron chi connectivity index (χ3n) is 8.89. The molecule has 5 rings (SSSR count). The molecule has 1 fully saturated rings. The second kappa shape index (κ2) is 14.8. The highest BCUT2D eigenvalue weighted by molar-refractivity contribution is 9.09. The van der Waals surface area contributed by atoms with E-state index in [-0.39, 0.29) is 19.6 Å². The van der Waals surface area contributed by atoms with Crippen LogP contribution < -0.4 is 4.74 Å². The molecule has 238 valence electrons. The molecular formula is C38H40BrClF2O3. The number of ether oxygens (including phenoxy) is 3. The molecule has 0 amide bonds. The molecule has 1 saturated carbocycles. The van der Waals surface area contributed by atoms with Gasteiger partial charge in [0.15, 0.2) is 0 Å². The quantitative estimate of drug-likeness (QED) is 0.138. The van der Waals surface area contributed by atoms with Crippen molar-refractivity contribution in [1.29, 1.82) is 0 Å². The van der Waals surface area contributed by atoms with Crippen molar-refractivity contribution in [3.8, 4) is 5.75 Å². The van der Waals surface area contributed by atoms with Crippen molar-refractivity contribution in [2.75, 3.05) is 6.61 Å². The highest BCUT2D eigenvalue weighted by Gasteiger charge is 2.69. The minimum Gasteiger partial charge on any atom is -0.494 e. The summed E-state index contributed by atoms with van der Waals surface area (Å²) in [5, 5.41) is 0.516. The molecule has 0 aromatic heterocycles. The predicted octanol–water partition coefficient (Wildman–Crippen LogP) is 10.4. The Bertz CT molecular complexity index is 1520. The first-order valence-corrected chi connectivity index (χ1v) is 16.7. The molecule has 1 unspecified atom stereocenters. The lowest BCUT2D eigenvalue weighted by Gasteiger charge is -2.55. The van der Waals surface area contributed by atoms with Crippen molar-refractivity contribution in [3.05, 3.63) is 136 Å². The van der Waals surface area contributed by atoms with Crippen LogP contribution in [0, 0.1) is 11.8 Å². The molecule has 0 heterocycles. The smallest absolute Gasteiger partial charge is 0.272 e. The molecule has 7 heteroatoms. The van der Waals surface area contributed by atoms with E-state index in [2.05, 4.69) is 15.9 Å². The molecule has 4 aromatic carbocycles. The van der Waals surface area contributed by atoms with E-state index in [1.807, 2.05) is 106 Å². The van der Waals surface area contributed by atoms with Crippen LogP contribution in [0.5, 0.6) is 5.75 Å². The van der Waals surface area contributed by atoms with Crippen LogP contribution in [0.3, 0.4) is 0 Å². The lowest BCUT2D eigenvalue weighted by molar-refractivity contribution is -0.240. The molecule has 3 nitrogen and oxygen atoms in total. The second-order valence-corrected chi connectivity index (χ2v) is 13.4. The van der Waals surface area contributed by atoms with E-state index in [1.54, 1.807) is 18.2 Å². The van der Waals surface area contributed by atoms with Crippen LogP contribution in [0.25, 0.3) is 0 Å². The number of rotatable bonds is 12. The highest BCUT2D eigenvalue weighted by atomic mass is 79.9. The summed E-state index contributed by atoms with van der Waals surface area (Å²) >= 11 is 10.4. The van der Waals surface area contributed by atoms with Crippen molar-refractivity contribution in [2.45, 2.75) is 69.3 Å². The van der Waals surface area contributed by atoms with Crippen molar-refractivity contribution < 1.29 is 23.0 Å². The van der Waals surface area contributed by atoms with Gasteiger partial charge < -0.3 is 14.2 Å². The van der Waals surface area contributed by atoms with Crippen molar-refractivity contribution in [3.63, 3.8) is 0 Å². The van der Waals surface area contributed by atoms with E-state index >= 15 is 8.78 Å². The van der Waals surface area contributed by atoms with Crippen LogP contribution in [0.1, 0.15) is 55.0 Å². The molecule has 45 heavy (non-hydrogen) atoms. The Balaban J connectivity index is 1.56. The fraction of sp³-hybridized carbons (Fsp3) is 0.368. The van der Waals surface area contributed by atoms with Crippen LogP contribution in [-0.4, -0.2) is 24.7 Å². The fourth-order valence-electron chi connectivity index (χ4n) is 6.51. The van der Waals surface area contributed by atoms with Crippen LogP contribution in [0.2, 0.25) is 5.02 Å². The number of benzene rings is 4. The molecule has 5 atom stereocenters. The average molecular weight is 698 g/mol. The van der Waals surface area contributed by atoms with Gasteiger partial charge in [-0.1, -0.05) is 126 Å². The summed E-state index contributed by atoms with van der Waals surface area (Å²) in [6.45, 7) is 6.65. The highest BCUT2D eigenvalue weighted by Crippen LogP contribution is 2.61. The Labute approximate surface area is 279 Å². The molecule has 4 aromatic rings. The van der Waals surface area contributed by atoms with E-state index in [9.17, 15) is 0 Å². The molecular weight excluding hydrogens is 658 g/mol. The van der Waals surface area contributed by atoms with Gasteiger partial charge in [0.25, 0.3) is 5.92 Å². The predicted molar refractivity (Wildman–Crippen MR) is 180 cm³/mol. The van der Waals surface area contributed by atoms with Crippen molar-refractivity contribution in [2.24, 2.45) is 11.8 Å². The van der Waals surface area contributed by atoms with Gasteiger partial charge in [0.05, 0.1) is 25.9 Å². The fourth-order valence-corrected chi connectivity index (χ4v) is 7.63. The molecule has 0 saturated heterocycles. The van der Waals surface area contributed by atoms with Gasteiger partial charge in [0.1, 0.15) is 16.2 Å². The summed E-state index contributed by atoms with van der Waals surface area (Å²) < 4.78 is 51.1. The normalized spacial score (nSPS) is 24.3. The Morgan fingerprint density at radius 1 is 0.778 bits per heavy atom. The van der Waals surface area contributed by atoms with Crippen LogP contribution in [0.15, 0.2) is 103 Å². The van der Waals surface area contributed by atoms with Crippen LogP contribution >= 0.6 is 27.5 Å². The number of halogens is 4. The van der Waals surface area contributed by atoms with Crippen molar-refractivity contribution >= 4 is 27.5 Å². The largest absolute Gasteiger partial charge is 0.494 e. The molecule has 0 spiro atoms. The summed E-state index contributed by atoms with van der Waals surface area (Å²) in [5.41, 5.74) is 4.03. The number of hydrogen-bond acceptors (Lipinski definition) is 3. The first-order valence-electron chi connectivity index (χ1n) is 15.6. The van der Waals surface area contributed by atoms with Gasteiger partial charge in [-0.25, -0.2) is 8.78 Å². The van der Waals surface area contributed by atoms with Crippen LogP contribution in [0.4, 0.5) is 8.78 Å². The van der Waals surface area contributed by atoms with Gasteiger partial charge in [-0.3, -0.25) is 0 Å². The van der Waals surface area contributed by atoms with E-state index in [1.165, 1.54) is 0 Å². The standard InChI is InChI=1S/C38H40BrClF2O3/c1-4-33-26(3)35(44-24-28-12-8-6-9-13-28)36(45-25-29-14-10-7-11-15-29)37(39,38(33,41)42)31-18-21-34(40)30(23-31)22-27-16-19-32(20-17-27)43-5-2/h6-21,23,26,33,35-36H,4-5,22,24-25H2,1-3H3/t26-,33-,35+,36-,37?/m1/s1. The van der Waals surface area contributed by atoms with Gasteiger partial charge in [-0.2, -0.15) is 0 Å². The Morgan fingerprint density at radius 3 is 1.96 bits per heavy atom. The maximum absolute atomic E-state index is 17.1. The average Bonchev–Trinajstić information content (AvgIpc) is 3.05. The summed E-state index contributed by atoms with van der Waals surface area (Å²) in [6, 6.07) is 32.4. The molecule has 0 N–H and O–H groups in total. The van der Waals surface area contributed by atoms with Gasteiger partial charge >= 0.3 is 0 Å². The maximum Gasteiger partial charge on any atom is 0.272 e. The third-order valence-corrected chi connectivity index (χ3v) is 10.7. The first kappa shape index (κ1) is 33.6. The number of hydrogen-bond donors (Lipinski definition) is 0. The number of alkyl halides is 3. The summed E-state index contributed by atoms with van der Waals surface area (Å²) in [7, 11) is 0. The SMILES string of the molecule is CCOc1ccc(Cc2cc(C3(Br)[C@H](OCc4ccccc4)[C@@H](OCc4ccccc4)[C@H](C)[C@@H](CC)C3(F)F)ccc2Cl)cc1. The van der Waals surface area contributed by atoms with E-state index < -0.39 is 34.3 Å². The van der Waals surface area contributed by atoms with E-state index in [0.717, 1.165) is 28.0 Å². The zero-order valence-electron chi connectivity index (χ0n) is 25.9. The topological polar surface area (TPSA) is 27.7 Å². The minimum atomic E-state index is -3.18. The summed E-state index contributed by atoms with van der Waals surface area (Å²) in [5.74, 6) is -3.84. The zero-order valence-corrected chi connectivity index (χ0v) is 28.2. The van der Waals surface area contributed by atoms with Gasteiger partial charge in [-0.05, 0) is 71.7 Å². The first-order chi connectivity index (χ1) is 21.7. The van der Waals surface area contributed by atoms with Crippen molar-refractivity contribution in [1.82, 2.24) is 0 Å². The summed E-state index contributed by atoms with van der Waals surface area (Å²) in [4.78, 5) is 0. The Hall–Kier alpha value is -2.77. The molecule has 0 bridgehead atoms. The van der Waals surface area contributed by atoms with E-state index in [4.69, 9.17) is 25.8 Å². The zero-order chi connectivity index (χ0) is 32.0. The Morgan fingerprint density at radius 2 is 1.38 bits per heavy atom. The Kier molecular flexibility index (Phi) is 11.0. The second-order valence-electron chi connectivity index (χ2n) is 11.7. The lowest BCUT2D eigenvalue weighted by atomic mass is 9.65. The minimum absolute atomic E-state index is 0.163. The maximum atomic E-state index is 17.1. The molecule has 1 aliphatic carbocycles. The summed E-state index contributed by atoms with van der Waals surface area (Å²) in [6.07, 6.45) is -0.882. The molecule has 0 aliphatic heterocycles. The third kappa shape index (κ3) is 7.15. The monoisotopic (exact) mass is 696 g/mol. The lowest BCUT2D eigenvalue weighted by Crippen LogP contribution is -2.66. The van der Waals surface area contributed by atoms with Gasteiger partial charge in [-0.15, -0.1) is 0 Å². The molecule has 0 radical (unpaired) electrons. The van der Waals surface area contributed by atoms with Crippen LogP contribution in [-0.2, 0) is 33.4 Å². The molecule has 1 aliphatic rings. The van der Waals surface area contributed by atoms with Gasteiger partial charge in [0, 0.05) is 10.9 Å².